The molecule has 0 spiro atoms. The average molecular weight is 226 g/mol. The number of hydrogen-bond acceptors (Lipinski definition) is 3. The second-order valence-electron chi connectivity index (χ2n) is 3.92. The first kappa shape index (κ1) is 13.7. The summed E-state index contributed by atoms with van der Waals surface area (Å²) in [5.74, 6) is 0.236. The Morgan fingerprint density at radius 3 is 2.20 bits per heavy atom. The molecule has 0 fully saturated rings. The van der Waals surface area contributed by atoms with E-state index in [0.29, 0.717) is 5.76 Å². The Morgan fingerprint density at radius 1 is 1.20 bits per heavy atom. The number of methoxy groups -OCH3 is 1. The van der Waals surface area contributed by atoms with Gasteiger partial charge in [-0.05, 0) is 25.7 Å². The summed E-state index contributed by atoms with van der Waals surface area (Å²) in [5.41, 5.74) is 0. The molecule has 0 aliphatic rings. The highest BCUT2D eigenvalue weighted by Gasteiger charge is 2.15. The summed E-state index contributed by atoms with van der Waals surface area (Å²) in [5, 5.41) is 0. The predicted molar refractivity (Wildman–Crippen MR) is 63.9 cm³/mol. The van der Waals surface area contributed by atoms with Crippen LogP contribution in [-0.2, 0) is 14.0 Å². The Labute approximate surface area is 92.2 Å². The van der Waals surface area contributed by atoms with E-state index in [1.807, 2.05) is 0 Å². The van der Waals surface area contributed by atoms with Crippen LogP contribution in [0.5, 0.6) is 0 Å². The molecule has 0 aliphatic heterocycles. The number of ether oxygens (including phenoxy) is 1. The van der Waals surface area contributed by atoms with Crippen LogP contribution in [0.2, 0.25) is 19.6 Å². The SMILES string of the molecule is C=C(/C=C/C=C/C(=O)OC)O[Si](C)(C)C. The molecule has 84 valence electrons. The highest BCUT2D eigenvalue weighted by molar-refractivity contribution is 6.70. The van der Waals surface area contributed by atoms with E-state index in [9.17, 15) is 4.79 Å². The van der Waals surface area contributed by atoms with Gasteiger partial charge in [0.05, 0.1) is 12.9 Å². The molecule has 0 radical (unpaired) electrons. The Hall–Kier alpha value is -1.29. The highest BCUT2D eigenvalue weighted by atomic mass is 28.4. The lowest BCUT2D eigenvalue weighted by molar-refractivity contribution is -0.134. The van der Waals surface area contributed by atoms with Gasteiger partial charge in [-0.3, -0.25) is 0 Å². The standard InChI is InChI=1S/C11H18O3Si/c1-10(14-15(3,4)5)8-6-7-9-11(12)13-2/h6-9H,1H2,2-5H3/b8-6+,9-7+. The third-order valence-electron chi connectivity index (χ3n) is 1.26. The lowest BCUT2D eigenvalue weighted by atomic mass is 10.4. The van der Waals surface area contributed by atoms with Crippen LogP contribution < -0.4 is 0 Å². The molecule has 0 N–H and O–H groups in total. The minimum Gasteiger partial charge on any atom is -0.545 e. The Bertz CT molecular complexity index is 285. The fourth-order valence-corrected chi connectivity index (χ4v) is 1.65. The lowest BCUT2D eigenvalue weighted by Crippen LogP contribution is -2.23. The van der Waals surface area contributed by atoms with E-state index in [0.717, 1.165) is 0 Å². The molecular weight excluding hydrogens is 208 g/mol. The van der Waals surface area contributed by atoms with Crippen molar-refractivity contribution in [2.75, 3.05) is 7.11 Å². The monoisotopic (exact) mass is 226 g/mol. The van der Waals surface area contributed by atoms with Crippen molar-refractivity contribution in [2.45, 2.75) is 19.6 Å². The third kappa shape index (κ3) is 9.02. The van der Waals surface area contributed by atoms with Crippen LogP contribution in [0.3, 0.4) is 0 Å². The van der Waals surface area contributed by atoms with E-state index in [4.69, 9.17) is 4.43 Å². The van der Waals surface area contributed by atoms with E-state index in [1.54, 1.807) is 18.2 Å². The van der Waals surface area contributed by atoms with Crippen molar-refractivity contribution in [3.05, 3.63) is 36.6 Å². The van der Waals surface area contributed by atoms with Crippen molar-refractivity contribution in [1.29, 1.82) is 0 Å². The van der Waals surface area contributed by atoms with Gasteiger partial charge in [0.15, 0.2) is 0 Å². The highest BCUT2D eigenvalue weighted by Crippen LogP contribution is 2.09. The van der Waals surface area contributed by atoms with Crippen LogP contribution in [0, 0.1) is 0 Å². The maximum absolute atomic E-state index is 10.7. The molecule has 0 unspecified atom stereocenters. The number of carbonyl (C=O) groups excluding carboxylic acids is 1. The molecule has 0 atom stereocenters. The molecule has 0 amide bonds. The predicted octanol–water partition coefficient (Wildman–Crippen LogP) is 2.64. The molecule has 0 saturated carbocycles. The number of carbonyl (C=O) groups is 1. The van der Waals surface area contributed by atoms with Gasteiger partial charge in [0, 0.05) is 6.08 Å². The van der Waals surface area contributed by atoms with E-state index >= 15 is 0 Å². The van der Waals surface area contributed by atoms with Crippen molar-refractivity contribution in [3.63, 3.8) is 0 Å². The maximum atomic E-state index is 10.7. The Kier molecular flexibility index (Phi) is 5.70. The van der Waals surface area contributed by atoms with Crippen LogP contribution >= 0.6 is 0 Å². The number of hydrogen-bond donors (Lipinski definition) is 0. The third-order valence-corrected chi connectivity index (χ3v) is 2.14. The van der Waals surface area contributed by atoms with E-state index in [2.05, 4.69) is 31.0 Å². The average Bonchev–Trinajstić information content (AvgIpc) is 2.09. The van der Waals surface area contributed by atoms with Crippen LogP contribution in [0.1, 0.15) is 0 Å². The van der Waals surface area contributed by atoms with Gasteiger partial charge in [0.2, 0.25) is 8.32 Å². The topological polar surface area (TPSA) is 35.5 Å². The van der Waals surface area contributed by atoms with Crippen LogP contribution in [0.25, 0.3) is 0 Å². The summed E-state index contributed by atoms with van der Waals surface area (Å²) < 4.78 is 10.0. The molecule has 0 aromatic rings. The maximum Gasteiger partial charge on any atom is 0.330 e. The van der Waals surface area contributed by atoms with Gasteiger partial charge in [0.1, 0.15) is 0 Å². The summed E-state index contributed by atoms with van der Waals surface area (Å²) in [7, 11) is -0.239. The molecule has 0 rings (SSSR count). The molecular formula is C11H18O3Si. The first-order chi connectivity index (χ1) is 6.85. The normalized spacial score (nSPS) is 12.0. The van der Waals surface area contributed by atoms with Gasteiger partial charge in [-0.25, -0.2) is 4.79 Å². The number of esters is 1. The summed E-state index contributed by atoms with van der Waals surface area (Å²) in [6.45, 7) is 9.99. The zero-order valence-electron chi connectivity index (χ0n) is 9.74. The minimum absolute atomic E-state index is 0.378. The summed E-state index contributed by atoms with van der Waals surface area (Å²) in [6, 6.07) is 0. The Balaban J connectivity index is 4.03. The molecule has 0 saturated heterocycles. The smallest absolute Gasteiger partial charge is 0.330 e. The van der Waals surface area contributed by atoms with E-state index in [1.165, 1.54) is 13.2 Å². The molecule has 0 aromatic heterocycles. The van der Waals surface area contributed by atoms with Crippen molar-refractivity contribution < 1.29 is 14.0 Å². The summed E-state index contributed by atoms with van der Waals surface area (Å²) in [4.78, 5) is 10.7. The van der Waals surface area contributed by atoms with Crippen molar-refractivity contribution in [2.24, 2.45) is 0 Å². The van der Waals surface area contributed by atoms with E-state index < -0.39 is 8.32 Å². The van der Waals surface area contributed by atoms with Crippen molar-refractivity contribution >= 4 is 14.3 Å². The van der Waals surface area contributed by atoms with Gasteiger partial charge < -0.3 is 9.16 Å². The molecule has 3 nitrogen and oxygen atoms in total. The second-order valence-corrected chi connectivity index (χ2v) is 8.35. The molecule has 0 bridgehead atoms. The van der Waals surface area contributed by atoms with E-state index in [-0.39, 0.29) is 5.97 Å². The van der Waals surface area contributed by atoms with Crippen LogP contribution in [-0.4, -0.2) is 21.4 Å². The molecule has 0 heterocycles. The fraction of sp³-hybridized carbons (Fsp3) is 0.364. The molecule has 4 heteroatoms. The van der Waals surface area contributed by atoms with Gasteiger partial charge in [0.25, 0.3) is 0 Å². The number of rotatable bonds is 5. The lowest BCUT2D eigenvalue weighted by Gasteiger charge is -2.18. The summed E-state index contributed by atoms with van der Waals surface area (Å²) in [6.07, 6.45) is 6.33. The first-order valence-electron chi connectivity index (χ1n) is 4.66. The largest absolute Gasteiger partial charge is 0.545 e. The summed E-state index contributed by atoms with van der Waals surface area (Å²) >= 11 is 0. The number of allylic oxidation sites excluding steroid dienone is 3. The van der Waals surface area contributed by atoms with Crippen molar-refractivity contribution in [3.8, 4) is 0 Å². The van der Waals surface area contributed by atoms with Gasteiger partial charge in [-0.1, -0.05) is 18.7 Å². The first-order valence-corrected chi connectivity index (χ1v) is 8.06. The molecule has 15 heavy (non-hydrogen) atoms. The second kappa shape index (κ2) is 6.24. The molecule has 0 aromatic carbocycles. The Morgan fingerprint density at radius 2 is 1.73 bits per heavy atom. The van der Waals surface area contributed by atoms with Crippen LogP contribution in [0.4, 0.5) is 0 Å². The molecule has 0 aliphatic carbocycles. The van der Waals surface area contributed by atoms with Crippen molar-refractivity contribution in [1.82, 2.24) is 0 Å². The van der Waals surface area contributed by atoms with Gasteiger partial charge in [-0.15, -0.1) is 0 Å². The van der Waals surface area contributed by atoms with Gasteiger partial charge in [-0.2, -0.15) is 0 Å². The quantitative estimate of drug-likeness (QED) is 0.238. The van der Waals surface area contributed by atoms with Gasteiger partial charge >= 0.3 is 5.97 Å². The zero-order valence-corrected chi connectivity index (χ0v) is 10.7. The zero-order chi connectivity index (χ0) is 11.9. The minimum atomic E-state index is -1.58. The van der Waals surface area contributed by atoms with Crippen LogP contribution in [0.15, 0.2) is 36.6 Å². The fourth-order valence-electron chi connectivity index (χ4n) is 0.792.